The Kier molecular flexibility index (Phi) is 6.55. The van der Waals surface area contributed by atoms with Crippen molar-refractivity contribution in [3.8, 4) is 0 Å². The largest absolute Gasteiger partial charge is 0.369 e. The van der Waals surface area contributed by atoms with Gasteiger partial charge in [0.1, 0.15) is 5.88 Å². The van der Waals surface area contributed by atoms with E-state index in [1.165, 1.54) is 10.9 Å². The van der Waals surface area contributed by atoms with Crippen molar-refractivity contribution in [3.63, 3.8) is 0 Å². The molecule has 2 aliphatic rings. The van der Waals surface area contributed by atoms with Crippen LogP contribution in [0.4, 0.5) is 5.69 Å². The number of hydrogen-bond acceptors (Lipinski definition) is 4. The predicted octanol–water partition coefficient (Wildman–Crippen LogP) is 3.74. The topological polar surface area (TPSA) is 76.7 Å². The van der Waals surface area contributed by atoms with Crippen LogP contribution in [0.2, 0.25) is 0 Å². The second-order valence-electron chi connectivity index (χ2n) is 9.33. The molecule has 3 aromatic rings. The number of carbonyl (C=O) groups excluding carboxylic acids is 1. The highest BCUT2D eigenvalue weighted by Gasteiger charge is 2.38. The molecular weight excluding hydrogens is 484 g/mol. The van der Waals surface area contributed by atoms with Crippen molar-refractivity contribution in [1.29, 1.82) is 0 Å². The Morgan fingerprint density at radius 2 is 1.74 bits per heavy atom. The number of hydrogen-bond donors (Lipinski definition) is 1. The molecule has 1 aromatic heterocycles. The normalized spacial score (nSPS) is 21.3. The molecule has 1 N–H and O–H groups in total. The monoisotopic (exact) mass is 514 g/mol. The number of halogens is 1. The third-order valence-electron chi connectivity index (χ3n) is 7.35. The maximum absolute atomic E-state index is 13.0. The van der Waals surface area contributed by atoms with Gasteiger partial charge in [0.05, 0.1) is 11.8 Å². The highest BCUT2D eigenvalue weighted by atomic mass is 35.5. The van der Waals surface area contributed by atoms with Gasteiger partial charge in [0.15, 0.2) is 0 Å². The van der Waals surface area contributed by atoms with E-state index in [2.05, 4.69) is 53.2 Å². The number of anilines is 1. The van der Waals surface area contributed by atoms with Crippen molar-refractivity contribution in [3.05, 3.63) is 65.4 Å². The molecule has 1 saturated heterocycles. The van der Waals surface area contributed by atoms with Crippen LogP contribution in [0, 0.1) is 0 Å². The number of rotatable bonds is 5. The third-order valence-corrected chi connectivity index (χ3v) is 9.46. The van der Waals surface area contributed by atoms with Crippen LogP contribution in [0.3, 0.4) is 0 Å². The molecule has 35 heavy (non-hydrogen) atoms. The van der Waals surface area contributed by atoms with Gasteiger partial charge in [0.25, 0.3) is 0 Å². The summed E-state index contributed by atoms with van der Waals surface area (Å²) in [7, 11) is -3.15. The summed E-state index contributed by atoms with van der Waals surface area (Å²) in [6.45, 7) is 6.07. The Labute approximate surface area is 211 Å². The lowest BCUT2D eigenvalue weighted by molar-refractivity contribution is -0.133. The first-order valence-corrected chi connectivity index (χ1v) is 14.3. The summed E-state index contributed by atoms with van der Waals surface area (Å²) >= 11 is 6.04. The number of amides is 1. The Morgan fingerprint density at radius 3 is 2.40 bits per heavy atom. The van der Waals surface area contributed by atoms with E-state index in [4.69, 9.17) is 11.6 Å². The number of benzene rings is 2. The van der Waals surface area contributed by atoms with Crippen molar-refractivity contribution in [2.75, 3.05) is 42.7 Å². The molecule has 2 aromatic carbocycles. The minimum absolute atomic E-state index is 0.0197. The molecule has 1 fully saturated rings. The molecule has 2 atom stereocenters. The summed E-state index contributed by atoms with van der Waals surface area (Å²) in [5.41, 5.74) is 5.46. The average Bonchev–Trinajstić information content (AvgIpc) is 3.25. The van der Waals surface area contributed by atoms with Crippen LogP contribution in [0.15, 0.2) is 48.5 Å². The number of aromatic nitrogens is 1. The third kappa shape index (κ3) is 4.32. The molecule has 0 aliphatic carbocycles. The van der Waals surface area contributed by atoms with Crippen LogP contribution in [0.5, 0.6) is 0 Å². The number of sulfonamides is 1. The summed E-state index contributed by atoms with van der Waals surface area (Å²) in [4.78, 5) is 20.7. The van der Waals surface area contributed by atoms with Gasteiger partial charge in [-0.15, -0.1) is 11.6 Å². The number of nitrogens with one attached hydrogen (secondary N) is 1. The number of alkyl halides is 1. The summed E-state index contributed by atoms with van der Waals surface area (Å²) in [5.74, 6) is -0.000375. The lowest BCUT2D eigenvalue weighted by atomic mass is 9.88. The summed E-state index contributed by atoms with van der Waals surface area (Å²) in [5, 5.41) is 1.20. The minimum Gasteiger partial charge on any atom is -0.369 e. The Morgan fingerprint density at radius 1 is 1.06 bits per heavy atom. The zero-order valence-electron chi connectivity index (χ0n) is 20.1. The van der Waals surface area contributed by atoms with Gasteiger partial charge in [-0.05, 0) is 49.6 Å². The lowest BCUT2D eigenvalue weighted by Crippen LogP contribution is -2.49. The van der Waals surface area contributed by atoms with Gasteiger partial charge < -0.3 is 14.8 Å². The van der Waals surface area contributed by atoms with Gasteiger partial charge in [-0.25, -0.2) is 8.42 Å². The van der Waals surface area contributed by atoms with E-state index < -0.39 is 10.0 Å². The van der Waals surface area contributed by atoms with Gasteiger partial charge >= 0.3 is 0 Å². The molecular formula is C26H31ClN4O3S. The van der Waals surface area contributed by atoms with Gasteiger partial charge in [0, 0.05) is 54.5 Å². The molecule has 3 heterocycles. The summed E-state index contributed by atoms with van der Waals surface area (Å²) < 4.78 is 25.9. The molecule has 0 saturated carbocycles. The molecule has 7 nitrogen and oxygen atoms in total. The Balaban J connectivity index is 1.46. The van der Waals surface area contributed by atoms with Crippen LogP contribution in [0.1, 0.15) is 36.7 Å². The number of piperazine rings is 1. The van der Waals surface area contributed by atoms with Gasteiger partial charge in [0.2, 0.25) is 15.9 Å². The molecule has 1 amide bonds. The van der Waals surface area contributed by atoms with Crippen molar-refractivity contribution in [2.45, 2.75) is 32.4 Å². The first kappa shape index (κ1) is 24.2. The first-order valence-electron chi connectivity index (χ1n) is 12.1. The number of para-hydroxylation sites is 1. The van der Waals surface area contributed by atoms with Crippen LogP contribution in [0.25, 0.3) is 10.9 Å². The highest BCUT2D eigenvalue weighted by Crippen LogP contribution is 2.41. The molecule has 0 bridgehead atoms. The fourth-order valence-corrected chi connectivity index (χ4v) is 6.74. The van der Waals surface area contributed by atoms with Crippen molar-refractivity contribution in [2.24, 2.45) is 0 Å². The Hall–Kier alpha value is -2.55. The summed E-state index contributed by atoms with van der Waals surface area (Å²) in [6.07, 6.45) is 0.779. The van der Waals surface area contributed by atoms with E-state index in [-0.39, 0.29) is 29.6 Å². The minimum atomic E-state index is -3.15. The quantitative estimate of drug-likeness (QED) is 0.526. The van der Waals surface area contributed by atoms with E-state index in [1.807, 2.05) is 17.0 Å². The van der Waals surface area contributed by atoms with E-state index in [9.17, 15) is 13.2 Å². The first-order chi connectivity index (χ1) is 16.8. The van der Waals surface area contributed by atoms with E-state index in [0.29, 0.717) is 26.2 Å². The Bertz CT molecular complexity index is 1330. The number of fused-ring (bicyclic) bond motifs is 3. The maximum atomic E-state index is 13.0. The molecule has 9 heteroatoms. The number of H-pyrrole nitrogens is 1. The van der Waals surface area contributed by atoms with Crippen molar-refractivity contribution < 1.29 is 13.2 Å². The predicted molar refractivity (Wildman–Crippen MR) is 141 cm³/mol. The second kappa shape index (κ2) is 9.48. The van der Waals surface area contributed by atoms with E-state index in [0.717, 1.165) is 28.9 Å². The van der Waals surface area contributed by atoms with E-state index in [1.54, 1.807) is 11.2 Å². The SMILES string of the molecule is CCS(=O)(=O)N1CCN(c2ccc([C@H]3c4[nH]c5ccccc5c4C[C@H](C)N3C(=O)CCl)cc2)CC1. The fraction of sp³-hybridized carbons (Fsp3) is 0.423. The van der Waals surface area contributed by atoms with Gasteiger partial charge in [-0.2, -0.15) is 4.31 Å². The molecule has 0 unspecified atom stereocenters. The standard InChI is InChI=1S/C26H31ClN4O3S/c1-3-35(33,34)30-14-12-29(13-15-30)20-10-8-19(9-11-20)26-25-22(16-18(2)31(26)24(32)17-27)21-6-4-5-7-23(21)28-25/h4-11,18,26,28H,3,12-17H2,1-2H3/t18-,26-/m0/s1. The number of carbonyl (C=O) groups is 1. The maximum Gasteiger partial charge on any atom is 0.238 e. The molecule has 0 radical (unpaired) electrons. The average molecular weight is 515 g/mol. The summed E-state index contributed by atoms with van der Waals surface area (Å²) in [6, 6.07) is 16.4. The smallest absolute Gasteiger partial charge is 0.238 e. The zero-order chi connectivity index (χ0) is 24.7. The fourth-order valence-electron chi connectivity index (χ4n) is 5.52. The van der Waals surface area contributed by atoms with Crippen LogP contribution >= 0.6 is 11.6 Å². The lowest BCUT2D eigenvalue weighted by Gasteiger charge is -2.41. The van der Waals surface area contributed by atoms with Crippen molar-refractivity contribution >= 4 is 44.1 Å². The number of aromatic amines is 1. The molecule has 2 aliphatic heterocycles. The van der Waals surface area contributed by atoms with E-state index >= 15 is 0 Å². The van der Waals surface area contributed by atoms with Crippen LogP contribution in [-0.2, 0) is 21.2 Å². The second-order valence-corrected chi connectivity index (χ2v) is 11.9. The van der Waals surface area contributed by atoms with Crippen LogP contribution < -0.4 is 4.90 Å². The van der Waals surface area contributed by atoms with Crippen LogP contribution in [-0.4, -0.2) is 72.4 Å². The zero-order valence-corrected chi connectivity index (χ0v) is 21.6. The number of nitrogens with zero attached hydrogens (tertiary/aromatic N) is 3. The molecule has 0 spiro atoms. The van der Waals surface area contributed by atoms with Crippen molar-refractivity contribution in [1.82, 2.24) is 14.2 Å². The van der Waals surface area contributed by atoms with Gasteiger partial charge in [-0.1, -0.05) is 30.3 Å². The van der Waals surface area contributed by atoms with Gasteiger partial charge in [-0.3, -0.25) is 4.79 Å². The highest BCUT2D eigenvalue weighted by molar-refractivity contribution is 7.89. The molecule has 5 rings (SSSR count). The molecule has 186 valence electrons.